The van der Waals surface area contributed by atoms with E-state index in [0.717, 1.165) is 17.9 Å². The number of aromatic nitrogens is 1. The summed E-state index contributed by atoms with van der Waals surface area (Å²) < 4.78 is 27.4. The van der Waals surface area contributed by atoms with Crippen molar-refractivity contribution < 1.29 is 8.42 Å². The molecule has 2 aromatic heterocycles. The van der Waals surface area contributed by atoms with Gasteiger partial charge in [-0.1, -0.05) is 12.1 Å². The molecule has 0 radical (unpaired) electrons. The van der Waals surface area contributed by atoms with Crippen LogP contribution in [0.1, 0.15) is 0 Å². The molecule has 0 aliphatic heterocycles. The molecule has 0 amide bonds. The van der Waals surface area contributed by atoms with Crippen LogP contribution in [0.2, 0.25) is 0 Å². The number of nitrogens with zero attached hydrogens (tertiary/aromatic N) is 1. The highest BCUT2D eigenvalue weighted by atomic mass is 32.2. The van der Waals surface area contributed by atoms with Crippen molar-refractivity contribution in [3.63, 3.8) is 0 Å². The lowest BCUT2D eigenvalue weighted by Gasteiger charge is -2.11. The van der Waals surface area contributed by atoms with E-state index in [-0.39, 0.29) is 0 Å². The molecule has 25 heavy (non-hydrogen) atoms. The predicted octanol–water partition coefficient (Wildman–Crippen LogP) is 3.47. The van der Waals surface area contributed by atoms with Gasteiger partial charge in [0.15, 0.2) is 0 Å². The van der Waals surface area contributed by atoms with Crippen molar-refractivity contribution in [2.75, 3.05) is 28.4 Å². The first kappa shape index (κ1) is 17.2. The highest BCUT2D eigenvalue weighted by Gasteiger charge is 2.14. The summed E-state index contributed by atoms with van der Waals surface area (Å²) in [6, 6.07) is 14.3. The number of nitrogens with one attached hydrogen (secondary N) is 3. The minimum atomic E-state index is -3.53. The molecular weight excluding hydrogens is 356 g/mol. The largest absolute Gasteiger partial charge is 0.383 e. The van der Waals surface area contributed by atoms with Crippen LogP contribution in [0, 0.1) is 0 Å². The predicted molar refractivity (Wildman–Crippen MR) is 103 cm³/mol. The molecule has 0 bridgehead atoms. The molecule has 0 fully saturated rings. The van der Waals surface area contributed by atoms with E-state index in [4.69, 9.17) is 0 Å². The van der Waals surface area contributed by atoms with Gasteiger partial charge in [-0.2, -0.15) is 0 Å². The summed E-state index contributed by atoms with van der Waals surface area (Å²) in [5, 5.41) is 8.28. The van der Waals surface area contributed by atoms with Gasteiger partial charge in [-0.3, -0.25) is 9.71 Å². The lowest BCUT2D eigenvalue weighted by atomic mass is 10.3. The first-order chi connectivity index (χ1) is 12.1. The molecule has 0 saturated carbocycles. The van der Waals surface area contributed by atoms with Crippen LogP contribution < -0.4 is 15.4 Å². The van der Waals surface area contributed by atoms with Gasteiger partial charge in [-0.05, 0) is 41.8 Å². The summed E-state index contributed by atoms with van der Waals surface area (Å²) in [5.74, 6) is 0. The summed E-state index contributed by atoms with van der Waals surface area (Å²) >= 11 is 1.19. The Kier molecular flexibility index (Phi) is 5.52. The molecule has 0 spiro atoms. The van der Waals surface area contributed by atoms with E-state index in [0.29, 0.717) is 16.4 Å². The Balaban J connectivity index is 1.55. The molecule has 6 nitrogen and oxygen atoms in total. The fourth-order valence-electron chi connectivity index (χ4n) is 2.20. The molecule has 1 aromatic carbocycles. The van der Waals surface area contributed by atoms with Crippen LogP contribution in [0.4, 0.5) is 17.1 Å². The number of pyridine rings is 1. The van der Waals surface area contributed by atoms with E-state index < -0.39 is 10.0 Å². The molecular formula is C17H18N4O2S2. The van der Waals surface area contributed by atoms with E-state index in [1.807, 2.05) is 24.3 Å². The van der Waals surface area contributed by atoms with E-state index in [9.17, 15) is 8.42 Å². The average Bonchev–Trinajstić information content (AvgIpc) is 3.15. The minimum Gasteiger partial charge on any atom is -0.383 e. The monoisotopic (exact) mass is 374 g/mol. The summed E-state index contributed by atoms with van der Waals surface area (Å²) in [6.45, 7) is 1.43. The average molecular weight is 374 g/mol. The standard InChI is InChI=1S/C17H18N4O2S2/c22-25(23,17-5-2-12-24-17)21-16-4-1-3-15(13-16)20-11-10-19-14-6-8-18-9-7-14/h1-9,12-13,20-21H,10-11H2,(H,18,19). The zero-order chi connectivity index (χ0) is 17.5. The number of hydrogen-bond acceptors (Lipinski definition) is 6. The SMILES string of the molecule is O=S(=O)(Nc1cccc(NCCNc2ccncc2)c1)c1cccs1. The van der Waals surface area contributed by atoms with Gasteiger partial charge in [0.1, 0.15) is 4.21 Å². The van der Waals surface area contributed by atoms with Crippen molar-refractivity contribution in [3.05, 3.63) is 66.3 Å². The quantitative estimate of drug-likeness (QED) is 0.526. The molecule has 130 valence electrons. The molecule has 3 N–H and O–H groups in total. The van der Waals surface area contributed by atoms with E-state index in [1.165, 1.54) is 11.3 Å². The van der Waals surface area contributed by atoms with Crippen LogP contribution in [-0.4, -0.2) is 26.5 Å². The van der Waals surface area contributed by atoms with Crippen molar-refractivity contribution in [3.8, 4) is 0 Å². The van der Waals surface area contributed by atoms with Crippen LogP contribution in [0.3, 0.4) is 0 Å². The Hall–Kier alpha value is -2.58. The Labute approximate surface area is 151 Å². The minimum absolute atomic E-state index is 0.299. The second-order valence-corrected chi connectivity index (χ2v) is 8.06. The zero-order valence-corrected chi connectivity index (χ0v) is 15.0. The Morgan fingerprint density at radius 1 is 0.880 bits per heavy atom. The van der Waals surface area contributed by atoms with E-state index in [2.05, 4.69) is 20.3 Å². The fourth-order valence-corrected chi connectivity index (χ4v) is 4.24. The molecule has 0 aliphatic rings. The zero-order valence-electron chi connectivity index (χ0n) is 13.3. The number of benzene rings is 1. The topological polar surface area (TPSA) is 83.1 Å². The summed E-state index contributed by atoms with van der Waals surface area (Å²) in [7, 11) is -3.53. The number of anilines is 3. The van der Waals surface area contributed by atoms with Crippen LogP contribution in [-0.2, 0) is 10.0 Å². The Bertz CT molecular complexity index is 897. The van der Waals surface area contributed by atoms with Crippen molar-refractivity contribution >= 4 is 38.4 Å². The third-order valence-electron chi connectivity index (χ3n) is 3.34. The molecule has 8 heteroatoms. The molecule has 0 saturated heterocycles. The first-order valence-electron chi connectivity index (χ1n) is 7.68. The van der Waals surface area contributed by atoms with Crippen molar-refractivity contribution in [2.45, 2.75) is 4.21 Å². The van der Waals surface area contributed by atoms with Crippen LogP contribution in [0.15, 0.2) is 70.5 Å². The van der Waals surface area contributed by atoms with Crippen molar-refractivity contribution in [1.82, 2.24) is 4.98 Å². The van der Waals surface area contributed by atoms with Crippen molar-refractivity contribution in [2.24, 2.45) is 0 Å². The van der Waals surface area contributed by atoms with Gasteiger partial charge >= 0.3 is 0 Å². The summed E-state index contributed by atoms with van der Waals surface area (Å²) in [6.07, 6.45) is 3.47. The molecule has 2 heterocycles. The van der Waals surface area contributed by atoms with Crippen LogP contribution in [0.5, 0.6) is 0 Å². The Morgan fingerprint density at radius 2 is 1.60 bits per heavy atom. The van der Waals surface area contributed by atoms with Crippen LogP contribution >= 0.6 is 11.3 Å². The van der Waals surface area contributed by atoms with Gasteiger partial charge in [0, 0.05) is 36.9 Å². The molecule has 3 aromatic rings. The second-order valence-electron chi connectivity index (χ2n) is 5.21. The molecule has 0 unspecified atom stereocenters. The number of thiophene rings is 1. The lowest BCUT2D eigenvalue weighted by molar-refractivity contribution is 0.603. The smallest absolute Gasteiger partial charge is 0.271 e. The number of sulfonamides is 1. The molecule has 3 rings (SSSR count). The van der Waals surface area contributed by atoms with Crippen LogP contribution in [0.25, 0.3) is 0 Å². The maximum Gasteiger partial charge on any atom is 0.271 e. The normalized spacial score (nSPS) is 11.0. The molecule has 0 atom stereocenters. The van der Waals surface area contributed by atoms with E-state index in [1.54, 1.807) is 42.0 Å². The third kappa shape index (κ3) is 4.94. The number of hydrogen-bond donors (Lipinski definition) is 3. The van der Waals surface area contributed by atoms with Gasteiger partial charge in [0.05, 0.1) is 5.69 Å². The van der Waals surface area contributed by atoms with Gasteiger partial charge in [-0.15, -0.1) is 11.3 Å². The highest BCUT2D eigenvalue weighted by Crippen LogP contribution is 2.22. The summed E-state index contributed by atoms with van der Waals surface area (Å²) in [5.41, 5.74) is 2.39. The van der Waals surface area contributed by atoms with Gasteiger partial charge < -0.3 is 10.6 Å². The highest BCUT2D eigenvalue weighted by molar-refractivity contribution is 7.94. The van der Waals surface area contributed by atoms with Gasteiger partial charge in [-0.25, -0.2) is 8.42 Å². The fraction of sp³-hybridized carbons (Fsp3) is 0.118. The van der Waals surface area contributed by atoms with Crippen molar-refractivity contribution in [1.29, 1.82) is 0 Å². The lowest BCUT2D eigenvalue weighted by Crippen LogP contribution is -2.14. The maximum atomic E-state index is 12.3. The second kappa shape index (κ2) is 8.00. The van der Waals surface area contributed by atoms with E-state index >= 15 is 0 Å². The Morgan fingerprint density at radius 3 is 2.32 bits per heavy atom. The van der Waals surface area contributed by atoms with Gasteiger partial charge in [0.25, 0.3) is 10.0 Å². The summed E-state index contributed by atoms with van der Waals surface area (Å²) in [4.78, 5) is 3.97. The number of rotatable bonds is 8. The molecule has 0 aliphatic carbocycles. The first-order valence-corrected chi connectivity index (χ1v) is 10.0. The maximum absolute atomic E-state index is 12.3. The van der Waals surface area contributed by atoms with Gasteiger partial charge in [0.2, 0.25) is 0 Å². The third-order valence-corrected chi connectivity index (χ3v) is 6.12.